The van der Waals surface area contributed by atoms with Crippen molar-refractivity contribution in [2.24, 2.45) is 5.73 Å². The molecule has 0 radical (unpaired) electrons. The molecule has 0 bridgehead atoms. The molecular weight excluding hydrogens is 304 g/mol. The molecule has 2 aromatic carbocycles. The number of benzene rings is 2. The summed E-state index contributed by atoms with van der Waals surface area (Å²) in [6.45, 7) is 0. The molecule has 1 fully saturated rings. The van der Waals surface area contributed by atoms with Gasteiger partial charge in [0.05, 0.1) is 5.97 Å². The number of rotatable bonds is 3. The molecule has 6 heteroatoms. The maximum absolute atomic E-state index is 12.7. The molecule has 0 saturated heterocycles. The van der Waals surface area contributed by atoms with Crippen molar-refractivity contribution >= 4 is 5.97 Å². The minimum absolute atomic E-state index is 0.134. The van der Waals surface area contributed by atoms with Crippen LogP contribution in [0.25, 0.3) is 0 Å². The average molecular weight is 320 g/mol. The number of hydrogen-bond donors (Lipinski definition) is 2. The summed E-state index contributed by atoms with van der Waals surface area (Å²) in [7, 11) is 0. The Balaban J connectivity index is 0.000000168. The van der Waals surface area contributed by atoms with Gasteiger partial charge in [-0.15, -0.1) is 0 Å². The highest BCUT2D eigenvalue weighted by Crippen LogP contribution is 2.39. The maximum Gasteiger partial charge on any atom is 0.159 e. The molecule has 3 unspecified atom stereocenters. The second-order valence-corrected chi connectivity index (χ2v) is 5.31. The SMILES string of the molecule is NC1CC1c1ccc(F)c(F)c1.O=C([O-])C(O)c1ccccc1. The quantitative estimate of drug-likeness (QED) is 0.891. The second kappa shape index (κ2) is 7.30. The Labute approximate surface area is 132 Å². The van der Waals surface area contributed by atoms with Crippen LogP contribution in [0.2, 0.25) is 0 Å². The summed E-state index contributed by atoms with van der Waals surface area (Å²) in [4.78, 5) is 10.1. The number of carbonyl (C=O) groups is 1. The first-order valence-corrected chi connectivity index (χ1v) is 7.04. The van der Waals surface area contributed by atoms with Gasteiger partial charge in [-0.3, -0.25) is 0 Å². The smallest absolute Gasteiger partial charge is 0.159 e. The van der Waals surface area contributed by atoms with Gasteiger partial charge < -0.3 is 20.7 Å². The van der Waals surface area contributed by atoms with Crippen LogP contribution in [-0.2, 0) is 4.79 Å². The maximum atomic E-state index is 12.7. The molecule has 2 aromatic rings. The largest absolute Gasteiger partial charge is 0.547 e. The van der Waals surface area contributed by atoms with E-state index in [0.717, 1.165) is 18.1 Å². The molecule has 0 heterocycles. The van der Waals surface area contributed by atoms with Crippen LogP contribution in [0.4, 0.5) is 8.78 Å². The minimum atomic E-state index is -1.52. The zero-order chi connectivity index (χ0) is 17.0. The number of carbonyl (C=O) groups excluding carboxylic acids is 1. The van der Waals surface area contributed by atoms with E-state index in [2.05, 4.69) is 0 Å². The Morgan fingerprint density at radius 1 is 1.17 bits per heavy atom. The number of aliphatic carboxylic acids is 1. The summed E-state index contributed by atoms with van der Waals surface area (Å²) in [6, 6.07) is 12.2. The van der Waals surface area contributed by atoms with Crippen LogP contribution in [-0.4, -0.2) is 17.1 Å². The van der Waals surface area contributed by atoms with Crippen LogP contribution in [0.5, 0.6) is 0 Å². The van der Waals surface area contributed by atoms with Crippen LogP contribution in [0, 0.1) is 11.6 Å². The van der Waals surface area contributed by atoms with Gasteiger partial charge >= 0.3 is 0 Å². The van der Waals surface area contributed by atoms with Crippen molar-refractivity contribution in [1.29, 1.82) is 0 Å². The molecule has 1 aliphatic rings. The molecule has 0 amide bonds. The lowest BCUT2D eigenvalue weighted by atomic mass is 10.1. The van der Waals surface area contributed by atoms with Gasteiger partial charge in [0.2, 0.25) is 0 Å². The molecule has 23 heavy (non-hydrogen) atoms. The lowest BCUT2D eigenvalue weighted by Gasteiger charge is -2.10. The van der Waals surface area contributed by atoms with E-state index in [1.54, 1.807) is 24.3 Å². The van der Waals surface area contributed by atoms with Crippen molar-refractivity contribution < 1.29 is 23.8 Å². The minimum Gasteiger partial charge on any atom is -0.547 e. The molecule has 122 valence electrons. The molecule has 0 spiro atoms. The first-order chi connectivity index (χ1) is 10.9. The van der Waals surface area contributed by atoms with E-state index in [-0.39, 0.29) is 12.0 Å². The van der Waals surface area contributed by atoms with Crippen molar-refractivity contribution in [3.05, 3.63) is 71.3 Å². The molecule has 3 atom stereocenters. The lowest BCUT2D eigenvalue weighted by Crippen LogP contribution is -2.29. The van der Waals surface area contributed by atoms with E-state index in [1.165, 1.54) is 18.2 Å². The van der Waals surface area contributed by atoms with E-state index < -0.39 is 23.7 Å². The average Bonchev–Trinajstić information content (AvgIpc) is 3.27. The van der Waals surface area contributed by atoms with Crippen LogP contribution in [0.15, 0.2) is 48.5 Å². The lowest BCUT2D eigenvalue weighted by molar-refractivity contribution is -0.315. The van der Waals surface area contributed by atoms with E-state index in [9.17, 15) is 18.7 Å². The van der Waals surface area contributed by atoms with E-state index in [0.29, 0.717) is 5.56 Å². The van der Waals surface area contributed by atoms with Gasteiger partial charge in [-0.05, 0) is 29.7 Å². The first kappa shape index (κ1) is 17.1. The highest BCUT2D eigenvalue weighted by molar-refractivity contribution is 5.71. The van der Waals surface area contributed by atoms with Gasteiger partial charge in [0.25, 0.3) is 0 Å². The van der Waals surface area contributed by atoms with Crippen LogP contribution in [0.1, 0.15) is 29.6 Å². The van der Waals surface area contributed by atoms with E-state index in [4.69, 9.17) is 10.8 Å². The van der Waals surface area contributed by atoms with Crippen LogP contribution >= 0.6 is 0 Å². The molecule has 4 nitrogen and oxygen atoms in total. The Hall–Kier alpha value is -2.31. The van der Waals surface area contributed by atoms with Gasteiger partial charge in [0.1, 0.15) is 6.10 Å². The molecule has 3 rings (SSSR count). The number of carboxylic acid groups (broad SMARTS) is 1. The van der Waals surface area contributed by atoms with Gasteiger partial charge in [-0.2, -0.15) is 0 Å². The zero-order valence-corrected chi connectivity index (χ0v) is 12.2. The highest BCUT2D eigenvalue weighted by Gasteiger charge is 2.35. The predicted octanol–water partition coefficient (Wildman–Crippen LogP) is 1.25. The van der Waals surface area contributed by atoms with Gasteiger partial charge in [-0.1, -0.05) is 36.4 Å². The molecule has 3 N–H and O–H groups in total. The highest BCUT2D eigenvalue weighted by atomic mass is 19.2. The summed E-state index contributed by atoms with van der Waals surface area (Å²) in [5, 5.41) is 19.1. The molecule has 0 aromatic heterocycles. The Kier molecular flexibility index (Phi) is 5.41. The van der Waals surface area contributed by atoms with Crippen molar-refractivity contribution in [2.75, 3.05) is 0 Å². The van der Waals surface area contributed by atoms with Gasteiger partial charge in [0.15, 0.2) is 11.6 Å². The topological polar surface area (TPSA) is 86.4 Å². The normalized spacial score (nSPS) is 20.2. The number of carboxylic acids is 1. The standard InChI is InChI=1S/C9H9F2N.C8H8O3/c10-7-2-1-5(3-8(7)11)6-4-9(6)12;9-7(8(10)11)6-4-2-1-3-5-6/h1-3,6,9H,4,12H2;1-5,7,9H,(H,10,11)/p-1. The first-order valence-electron chi connectivity index (χ1n) is 7.04. The third kappa shape index (κ3) is 4.58. The van der Waals surface area contributed by atoms with Crippen molar-refractivity contribution in [2.45, 2.75) is 24.5 Å². The summed E-state index contributed by atoms with van der Waals surface area (Å²) in [5.74, 6) is -2.82. The van der Waals surface area contributed by atoms with E-state index >= 15 is 0 Å². The van der Waals surface area contributed by atoms with Gasteiger partial charge in [0, 0.05) is 12.0 Å². The number of halogens is 2. The fourth-order valence-electron chi connectivity index (χ4n) is 2.11. The summed E-state index contributed by atoms with van der Waals surface area (Å²) < 4.78 is 25.2. The predicted molar refractivity (Wildman–Crippen MR) is 78.1 cm³/mol. The molecule has 1 aliphatic carbocycles. The monoisotopic (exact) mass is 320 g/mol. The molecule has 1 saturated carbocycles. The summed E-state index contributed by atoms with van der Waals surface area (Å²) >= 11 is 0. The van der Waals surface area contributed by atoms with Crippen molar-refractivity contribution in [3.8, 4) is 0 Å². The van der Waals surface area contributed by atoms with Crippen LogP contribution in [0.3, 0.4) is 0 Å². The fraction of sp³-hybridized carbons (Fsp3) is 0.235. The zero-order valence-electron chi connectivity index (χ0n) is 12.2. The van der Waals surface area contributed by atoms with Gasteiger partial charge in [-0.25, -0.2) is 8.78 Å². The third-order valence-electron chi connectivity index (χ3n) is 3.55. The number of aliphatic hydroxyl groups is 1. The molecular formula is C17H16F2NO3-. The Bertz CT molecular complexity index is 679. The van der Waals surface area contributed by atoms with Crippen molar-refractivity contribution in [1.82, 2.24) is 0 Å². The van der Waals surface area contributed by atoms with Crippen LogP contribution < -0.4 is 10.8 Å². The summed E-state index contributed by atoms with van der Waals surface area (Å²) in [5.41, 5.74) is 6.72. The Morgan fingerprint density at radius 3 is 2.26 bits per heavy atom. The molecule has 0 aliphatic heterocycles. The second-order valence-electron chi connectivity index (χ2n) is 5.31. The van der Waals surface area contributed by atoms with E-state index in [1.807, 2.05) is 0 Å². The van der Waals surface area contributed by atoms with Crippen molar-refractivity contribution in [3.63, 3.8) is 0 Å². The third-order valence-corrected chi connectivity index (χ3v) is 3.55. The summed E-state index contributed by atoms with van der Waals surface area (Å²) in [6.07, 6.45) is -0.637. The fourth-order valence-corrected chi connectivity index (χ4v) is 2.11. The number of hydrogen-bond acceptors (Lipinski definition) is 4. The Morgan fingerprint density at radius 2 is 1.78 bits per heavy atom. The number of nitrogens with two attached hydrogens (primary N) is 1. The number of aliphatic hydroxyl groups excluding tert-OH is 1.